The molecule has 1 saturated carbocycles. The smallest absolute Gasteiger partial charge is 0.290 e. The van der Waals surface area contributed by atoms with E-state index in [-0.39, 0.29) is 11.1 Å². The van der Waals surface area contributed by atoms with Gasteiger partial charge in [-0.2, -0.15) is 0 Å². The summed E-state index contributed by atoms with van der Waals surface area (Å²) in [5.41, 5.74) is 1.95. The Morgan fingerprint density at radius 1 is 1.19 bits per heavy atom. The standard InChI is InChI=1S/C21H27NO3S/c1-15-13-17(14-19-20(23)22-21(24)26-19)10-11-18(15)25-12-6-5-9-16-7-3-2-4-8-16/h10-11,13-14,16H,2-9,12H2,1H3,(H,22,23,24)/b19-14-. The average Bonchev–Trinajstić information content (AvgIpc) is 2.94. The molecule has 1 aromatic carbocycles. The van der Waals surface area contributed by atoms with Crippen molar-refractivity contribution < 1.29 is 14.3 Å². The number of rotatable bonds is 7. The first-order chi connectivity index (χ1) is 12.6. The van der Waals surface area contributed by atoms with Crippen molar-refractivity contribution in [3.8, 4) is 5.75 Å². The largest absolute Gasteiger partial charge is 0.493 e. The molecule has 3 rings (SSSR count). The van der Waals surface area contributed by atoms with Crippen LogP contribution in [0.2, 0.25) is 0 Å². The van der Waals surface area contributed by atoms with Crippen LogP contribution in [-0.2, 0) is 4.79 Å². The zero-order valence-electron chi connectivity index (χ0n) is 15.4. The lowest BCUT2D eigenvalue weighted by atomic mass is 9.86. The van der Waals surface area contributed by atoms with Crippen molar-refractivity contribution in [3.63, 3.8) is 0 Å². The van der Waals surface area contributed by atoms with E-state index in [1.165, 1.54) is 44.9 Å². The first-order valence-electron chi connectivity index (χ1n) is 9.60. The van der Waals surface area contributed by atoms with Crippen LogP contribution in [0.25, 0.3) is 6.08 Å². The van der Waals surface area contributed by atoms with Crippen LogP contribution in [0.1, 0.15) is 62.5 Å². The van der Waals surface area contributed by atoms with E-state index >= 15 is 0 Å². The summed E-state index contributed by atoms with van der Waals surface area (Å²) in [6, 6.07) is 5.86. The highest BCUT2D eigenvalue weighted by Crippen LogP contribution is 2.29. The van der Waals surface area contributed by atoms with Gasteiger partial charge in [-0.25, -0.2) is 0 Å². The van der Waals surface area contributed by atoms with Crippen LogP contribution in [0.5, 0.6) is 5.75 Å². The molecule has 1 N–H and O–H groups in total. The van der Waals surface area contributed by atoms with Gasteiger partial charge in [0.2, 0.25) is 0 Å². The summed E-state index contributed by atoms with van der Waals surface area (Å²) in [4.78, 5) is 23.3. The van der Waals surface area contributed by atoms with Gasteiger partial charge in [-0.3, -0.25) is 14.9 Å². The monoisotopic (exact) mass is 373 g/mol. The number of ether oxygens (including phenoxy) is 1. The third-order valence-corrected chi connectivity index (χ3v) is 5.94. The molecule has 0 spiro atoms. The van der Waals surface area contributed by atoms with E-state index in [4.69, 9.17) is 4.74 Å². The van der Waals surface area contributed by atoms with Crippen molar-refractivity contribution in [2.75, 3.05) is 6.61 Å². The number of amides is 2. The predicted octanol–water partition coefficient (Wildman–Crippen LogP) is 5.45. The van der Waals surface area contributed by atoms with Crippen molar-refractivity contribution >= 4 is 29.0 Å². The van der Waals surface area contributed by atoms with Gasteiger partial charge in [0, 0.05) is 0 Å². The third-order valence-electron chi connectivity index (χ3n) is 5.13. The van der Waals surface area contributed by atoms with Crippen molar-refractivity contribution in [1.29, 1.82) is 0 Å². The van der Waals surface area contributed by atoms with Crippen LogP contribution < -0.4 is 10.1 Å². The Labute approximate surface area is 159 Å². The molecule has 0 atom stereocenters. The fourth-order valence-electron chi connectivity index (χ4n) is 3.69. The molecule has 0 aromatic heterocycles. The van der Waals surface area contributed by atoms with E-state index in [1.54, 1.807) is 6.08 Å². The predicted molar refractivity (Wildman–Crippen MR) is 106 cm³/mol. The van der Waals surface area contributed by atoms with E-state index < -0.39 is 0 Å². The molecule has 0 bridgehead atoms. The summed E-state index contributed by atoms with van der Waals surface area (Å²) in [5.74, 6) is 1.51. The van der Waals surface area contributed by atoms with Gasteiger partial charge in [0.15, 0.2) is 0 Å². The molecule has 4 nitrogen and oxygen atoms in total. The lowest BCUT2D eigenvalue weighted by Crippen LogP contribution is -2.17. The van der Waals surface area contributed by atoms with Crippen LogP contribution in [0.3, 0.4) is 0 Å². The second kappa shape index (κ2) is 9.26. The minimum atomic E-state index is -0.323. The maximum absolute atomic E-state index is 11.6. The third kappa shape index (κ3) is 5.37. The normalized spacial score (nSPS) is 19.8. The van der Waals surface area contributed by atoms with Gasteiger partial charge in [0.05, 0.1) is 11.5 Å². The Morgan fingerprint density at radius 3 is 2.69 bits per heavy atom. The zero-order valence-corrected chi connectivity index (χ0v) is 16.2. The second-order valence-electron chi connectivity index (χ2n) is 7.23. The van der Waals surface area contributed by atoms with Gasteiger partial charge >= 0.3 is 0 Å². The number of benzene rings is 1. The van der Waals surface area contributed by atoms with Gasteiger partial charge in [-0.05, 0) is 66.8 Å². The molecule has 26 heavy (non-hydrogen) atoms. The first kappa shape index (κ1) is 19.0. The fraction of sp³-hybridized carbons (Fsp3) is 0.524. The maximum atomic E-state index is 11.6. The molecule has 1 aromatic rings. The van der Waals surface area contributed by atoms with Crippen LogP contribution in [0, 0.1) is 12.8 Å². The van der Waals surface area contributed by atoms with Crippen LogP contribution in [0.15, 0.2) is 23.1 Å². The Hall–Kier alpha value is -1.75. The molecule has 1 aliphatic heterocycles. The Morgan fingerprint density at radius 2 is 2.00 bits per heavy atom. The number of hydrogen-bond donors (Lipinski definition) is 1. The van der Waals surface area contributed by atoms with Gasteiger partial charge in [0.1, 0.15) is 5.75 Å². The molecular formula is C21H27NO3S. The van der Waals surface area contributed by atoms with Gasteiger partial charge < -0.3 is 4.74 Å². The fourth-order valence-corrected chi connectivity index (χ4v) is 4.37. The molecule has 1 saturated heterocycles. The Kier molecular flexibility index (Phi) is 6.78. The minimum absolute atomic E-state index is 0.314. The van der Waals surface area contributed by atoms with Crippen molar-refractivity contribution in [2.24, 2.45) is 5.92 Å². The number of nitrogens with one attached hydrogen (secondary N) is 1. The molecule has 140 valence electrons. The molecular weight excluding hydrogens is 346 g/mol. The van der Waals surface area contributed by atoms with E-state index in [9.17, 15) is 9.59 Å². The Balaban J connectivity index is 1.45. The van der Waals surface area contributed by atoms with E-state index in [1.807, 2.05) is 25.1 Å². The highest BCUT2D eigenvalue weighted by Gasteiger charge is 2.24. The number of hydrogen-bond acceptors (Lipinski definition) is 4. The molecule has 2 aliphatic rings. The maximum Gasteiger partial charge on any atom is 0.290 e. The quantitative estimate of drug-likeness (QED) is 0.510. The number of aryl methyl sites for hydroxylation is 1. The summed E-state index contributed by atoms with van der Waals surface area (Å²) >= 11 is 0.940. The highest BCUT2D eigenvalue weighted by atomic mass is 32.2. The number of thioether (sulfide) groups is 1. The number of unbranched alkanes of at least 4 members (excludes halogenated alkanes) is 1. The van der Waals surface area contributed by atoms with Gasteiger partial charge in [0.25, 0.3) is 11.1 Å². The minimum Gasteiger partial charge on any atom is -0.493 e. The summed E-state index contributed by atoms with van der Waals surface area (Å²) in [7, 11) is 0. The van der Waals surface area contributed by atoms with E-state index in [0.29, 0.717) is 4.91 Å². The van der Waals surface area contributed by atoms with Crippen molar-refractivity contribution in [1.82, 2.24) is 5.32 Å². The van der Waals surface area contributed by atoms with Crippen LogP contribution >= 0.6 is 11.8 Å². The molecule has 2 fully saturated rings. The molecule has 1 heterocycles. The van der Waals surface area contributed by atoms with Crippen LogP contribution in [0.4, 0.5) is 4.79 Å². The molecule has 5 heteroatoms. The topological polar surface area (TPSA) is 55.4 Å². The lowest BCUT2D eigenvalue weighted by molar-refractivity contribution is -0.115. The molecule has 0 unspecified atom stereocenters. The number of imide groups is 1. The first-order valence-corrected chi connectivity index (χ1v) is 10.4. The molecule has 2 amide bonds. The average molecular weight is 374 g/mol. The lowest BCUT2D eigenvalue weighted by Gasteiger charge is -2.21. The Bertz CT molecular complexity index is 692. The second-order valence-corrected chi connectivity index (χ2v) is 8.24. The summed E-state index contributed by atoms with van der Waals surface area (Å²) in [5, 5.41) is 1.95. The zero-order chi connectivity index (χ0) is 18.4. The molecule has 0 radical (unpaired) electrons. The van der Waals surface area contributed by atoms with E-state index in [0.717, 1.165) is 47.6 Å². The van der Waals surface area contributed by atoms with Crippen molar-refractivity contribution in [2.45, 2.75) is 58.3 Å². The highest BCUT2D eigenvalue weighted by molar-refractivity contribution is 8.18. The summed E-state index contributed by atoms with van der Waals surface area (Å²) < 4.78 is 5.93. The number of carbonyl (C=O) groups excluding carboxylic acids is 2. The van der Waals surface area contributed by atoms with Crippen molar-refractivity contribution in [3.05, 3.63) is 34.2 Å². The summed E-state index contributed by atoms with van der Waals surface area (Å²) in [6.07, 6.45) is 12.5. The SMILES string of the molecule is Cc1cc(/C=C2\SC(=O)NC2=O)ccc1OCCCCC1CCCCC1. The van der Waals surface area contributed by atoms with Gasteiger partial charge in [-0.1, -0.05) is 44.6 Å². The van der Waals surface area contributed by atoms with E-state index in [2.05, 4.69) is 5.32 Å². The molecule has 1 aliphatic carbocycles. The summed E-state index contributed by atoms with van der Waals surface area (Å²) in [6.45, 7) is 2.76. The number of carbonyl (C=O) groups is 2. The van der Waals surface area contributed by atoms with Crippen LogP contribution in [-0.4, -0.2) is 17.8 Å². The van der Waals surface area contributed by atoms with Gasteiger partial charge in [-0.15, -0.1) is 0 Å².